The van der Waals surface area contributed by atoms with Gasteiger partial charge < -0.3 is 15.7 Å². The lowest BCUT2D eigenvalue weighted by Gasteiger charge is -2.23. The molecule has 0 atom stereocenters. The van der Waals surface area contributed by atoms with E-state index in [1.807, 2.05) is 0 Å². The van der Waals surface area contributed by atoms with Gasteiger partial charge in [0.25, 0.3) is 0 Å². The summed E-state index contributed by atoms with van der Waals surface area (Å²) in [6, 6.07) is 0.623. The molecule has 2 rings (SSSR count). The van der Waals surface area contributed by atoms with E-state index in [4.69, 9.17) is 5.11 Å². The molecule has 3 N–H and O–H groups in total. The molecule has 0 unspecified atom stereocenters. The first-order valence-corrected chi connectivity index (χ1v) is 6.77. The summed E-state index contributed by atoms with van der Waals surface area (Å²) in [6.07, 6.45) is 4.91. The summed E-state index contributed by atoms with van der Waals surface area (Å²) in [5.74, 6) is -3.72. The second-order valence-corrected chi connectivity index (χ2v) is 5.05. The molecule has 114 valence electrons. The van der Waals surface area contributed by atoms with Crippen LogP contribution >= 0.6 is 0 Å². The number of carboxylic acids is 1. The predicted molar refractivity (Wildman–Crippen MR) is 72.3 cm³/mol. The zero-order chi connectivity index (χ0) is 15.4. The molecule has 1 aromatic carbocycles. The van der Waals surface area contributed by atoms with Crippen molar-refractivity contribution in [2.24, 2.45) is 0 Å². The Bertz CT molecular complexity index is 557. The van der Waals surface area contributed by atoms with Gasteiger partial charge in [-0.15, -0.1) is 0 Å². The van der Waals surface area contributed by atoms with Gasteiger partial charge in [-0.05, 0) is 18.9 Å². The SMILES string of the molecule is O=C(Nc1cc(C(=O)O)c(F)cc1F)NC1CCCCC1. The summed E-state index contributed by atoms with van der Waals surface area (Å²) in [7, 11) is 0. The van der Waals surface area contributed by atoms with Crippen molar-refractivity contribution in [3.8, 4) is 0 Å². The number of nitrogens with one attached hydrogen (secondary N) is 2. The van der Waals surface area contributed by atoms with Crippen molar-refractivity contribution in [2.45, 2.75) is 38.1 Å². The van der Waals surface area contributed by atoms with E-state index in [1.165, 1.54) is 0 Å². The Kier molecular flexibility index (Phi) is 4.72. The first-order valence-electron chi connectivity index (χ1n) is 6.77. The van der Waals surface area contributed by atoms with Crippen molar-refractivity contribution in [2.75, 3.05) is 5.32 Å². The van der Waals surface area contributed by atoms with E-state index in [1.54, 1.807) is 0 Å². The van der Waals surface area contributed by atoms with E-state index in [0.29, 0.717) is 6.07 Å². The Morgan fingerprint density at radius 1 is 1.10 bits per heavy atom. The van der Waals surface area contributed by atoms with Gasteiger partial charge in [0.15, 0.2) is 0 Å². The Labute approximate surface area is 120 Å². The van der Waals surface area contributed by atoms with Crippen LogP contribution in [0, 0.1) is 11.6 Å². The summed E-state index contributed by atoms with van der Waals surface area (Å²) < 4.78 is 26.8. The number of anilines is 1. The van der Waals surface area contributed by atoms with Crippen LogP contribution in [0.1, 0.15) is 42.5 Å². The molecule has 1 saturated carbocycles. The van der Waals surface area contributed by atoms with Crippen molar-refractivity contribution in [1.29, 1.82) is 0 Å². The average Bonchev–Trinajstić information content (AvgIpc) is 2.42. The van der Waals surface area contributed by atoms with Crippen molar-refractivity contribution in [1.82, 2.24) is 5.32 Å². The van der Waals surface area contributed by atoms with E-state index in [0.717, 1.165) is 38.2 Å². The van der Waals surface area contributed by atoms with Gasteiger partial charge in [0, 0.05) is 12.1 Å². The summed E-state index contributed by atoms with van der Waals surface area (Å²) in [5.41, 5.74) is -1.05. The van der Waals surface area contributed by atoms with Crippen LogP contribution in [-0.2, 0) is 0 Å². The summed E-state index contributed by atoms with van der Waals surface area (Å²) in [5, 5.41) is 13.7. The average molecular weight is 298 g/mol. The van der Waals surface area contributed by atoms with Crippen molar-refractivity contribution >= 4 is 17.7 Å². The Hall–Kier alpha value is -2.18. The van der Waals surface area contributed by atoms with Crippen LogP contribution in [0.2, 0.25) is 0 Å². The van der Waals surface area contributed by atoms with Crippen LogP contribution < -0.4 is 10.6 Å². The molecule has 0 bridgehead atoms. The maximum Gasteiger partial charge on any atom is 0.338 e. The van der Waals surface area contributed by atoms with Gasteiger partial charge in [0.05, 0.1) is 11.3 Å². The van der Waals surface area contributed by atoms with Crippen LogP contribution in [0.5, 0.6) is 0 Å². The zero-order valence-corrected chi connectivity index (χ0v) is 11.3. The highest BCUT2D eigenvalue weighted by atomic mass is 19.1. The summed E-state index contributed by atoms with van der Waals surface area (Å²) in [6.45, 7) is 0. The molecule has 1 aliphatic rings. The number of hydrogen-bond donors (Lipinski definition) is 3. The highest BCUT2D eigenvalue weighted by Gasteiger charge is 2.19. The smallest absolute Gasteiger partial charge is 0.338 e. The zero-order valence-electron chi connectivity index (χ0n) is 11.3. The molecular formula is C14H16F2N2O3. The third-order valence-electron chi connectivity index (χ3n) is 3.48. The number of aromatic carboxylic acids is 1. The standard InChI is InChI=1S/C14H16F2N2O3/c15-10-7-11(16)12(6-9(10)13(19)20)18-14(21)17-8-4-2-1-3-5-8/h6-8H,1-5H2,(H,19,20)(H2,17,18,21). The molecule has 1 fully saturated rings. The fourth-order valence-corrected chi connectivity index (χ4v) is 2.40. The summed E-state index contributed by atoms with van der Waals surface area (Å²) >= 11 is 0. The van der Waals surface area contributed by atoms with Crippen LogP contribution in [-0.4, -0.2) is 23.1 Å². The largest absolute Gasteiger partial charge is 0.478 e. The Morgan fingerprint density at radius 2 is 1.76 bits per heavy atom. The number of rotatable bonds is 3. The number of halogens is 2. The minimum absolute atomic E-state index is 0.0289. The van der Waals surface area contributed by atoms with Crippen LogP contribution in [0.4, 0.5) is 19.3 Å². The number of carbonyl (C=O) groups excluding carboxylic acids is 1. The number of urea groups is 1. The third-order valence-corrected chi connectivity index (χ3v) is 3.48. The molecule has 1 aliphatic carbocycles. The maximum absolute atomic E-state index is 13.6. The number of carboxylic acid groups (broad SMARTS) is 1. The maximum atomic E-state index is 13.6. The van der Waals surface area contributed by atoms with Crippen molar-refractivity contribution in [3.05, 3.63) is 29.3 Å². The van der Waals surface area contributed by atoms with Gasteiger partial charge in [0.2, 0.25) is 0 Å². The Balaban J connectivity index is 2.06. The van der Waals surface area contributed by atoms with Crippen LogP contribution in [0.25, 0.3) is 0 Å². The van der Waals surface area contributed by atoms with Crippen LogP contribution in [0.3, 0.4) is 0 Å². The second kappa shape index (κ2) is 6.51. The lowest BCUT2D eigenvalue weighted by molar-refractivity contribution is 0.0692. The quantitative estimate of drug-likeness (QED) is 0.802. The normalized spacial score (nSPS) is 15.5. The molecule has 0 saturated heterocycles. The van der Waals surface area contributed by atoms with E-state index in [-0.39, 0.29) is 11.7 Å². The van der Waals surface area contributed by atoms with E-state index in [9.17, 15) is 18.4 Å². The van der Waals surface area contributed by atoms with Gasteiger partial charge in [-0.1, -0.05) is 19.3 Å². The van der Waals surface area contributed by atoms with Gasteiger partial charge >= 0.3 is 12.0 Å². The molecule has 0 aliphatic heterocycles. The highest BCUT2D eigenvalue weighted by Crippen LogP contribution is 2.21. The number of hydrogen-bond acceptors (Lipinski definition) is 2. The van der Waals surface area contributed by atoms with Gasteiger partial charge in [0.1, 0.15) is 11.6 Å². The molecule has 0 aromatic heterocycles. The third kappa shape index (κ3) is 3.90. The van der Waals surface area contributed by atoms with Crippen molar-refractivity contribution in [3.63, 3.8) is 0 Å². The molecule has 7 heteroatoms. The molecule has 1 aromatic rings. The fourth-order valence-electron chi connectivity index (χ4n) is 2.40. The first-order chi connectivity index (χ1) is 9.97. The van der Waals surface area contributed by atoms with Crippen molar-refractivity contribution < 1.29 is 23.5 Å². The molecular weight excluding hydrogens is 282 g/mol. The van der Waals surface area contributed by atoms with E-state index < -0.39 is 29.2 Å². The minimum Gasteiger partial charge on any atom is -0.478 e. The van der Waals surface area contributed by atoms with Crippen LogP contribution in [0.15, 0.2) is 12.1 Å². The lowest BCUT2D eigenvalue weighted by Crippen LogP contribution is -2.39. The van der Waals surface area contributed by atoms with E-state index in [2.05, 4.69) is 10.6 Å². The predicted octanol–water partition coefficient (Wildman–Crippen LogP) is 3.12. The molecule has 2 amide bonds. The monoisotopic (exact) mass is 298 g/mol. The molecule has 0 spiro atoms. The molecule has 0 radical (unpaired) electrons. The number of amides is 2. The van der Waals surface area contributed by atoms with E-state index >= 15 is 0 Å². The fraction of sp³-hybridized carbons (Fsp3) is 0.429. The second-order valence-electron chi connectivity index (χ2n) is 5.05. The molecule has 5 nitrogen and oxygen atoms in total. The number of carbonyl (C=O) groups is 2. The van der Waals surface area contributed by atoms with Gasteiger partial charge in [-0.2, -0.15) is 0 Å². The Morgan fingerprint density at radius 3 is 2.38 bits per heavy atom. The highest BCUT2D eigenvalue weighted by molar-refractivity contribution is 5.93. The summed E-state index contributed by atoms with van der Waals surface area (Å²) in [4.78, 5) is 22.6. The van der Waals surface area contributed by atoms with Gasteiger partial charge in [-0.3, -0.25) is 0 Å². The minimum atomic E-state index is -1.52. The lowest BCUT2D eigenvalue weighted by atomic mass is 9.96. The molecule has 21 heavy (non-hydrogen) atoms. The topological polar surface area (TPSA) is 78.4 Å². The first kappa shape index (κ1) is 15.2. The molecule has 0 heterocycles. The number of benzene rings is 1. The van der Waals surface area contributed by atoms with Gasteiger partial charge in [-0.25, -0.2) is 18.4 Å².